The highest BCUT2D eigenvalue weighted by Gasteiger charge is 2.33. The lowest BCUT2D eigenvalue weighted by atomic mass is 10.0. The number of nitrogens with one attached hydrogen (secondary N) is 2. The summed E-state index contributed by atoms with van der Waals surface area (Å²) in [4.78, 5) is 36.0. The molecule has 0 aromatic heterocycles. The Bertz CT molecular complexity index is 1480. The van der Waals surface area contributed by atoms with Crippen molar-refractivity contribution in [1.29, 1.82) is 0 Å². The Morgan fingerprint density at radius 1 is 0.811 bits per heavy atom. The number of fused-ring (bicyclic) bond motifs is 1. The molecule has 9 heteroatoms. The van der Waals surface area contributed by atoms with Crippen LogP contribution in [0.2, 0.25) is 0 Å². The van der Waals surface area contributed by atoms with Crippen molar-refractivity contribution >= 4 is 33.5 Å². The summed E-state index contributed by atoms with van der Waals surface area (Å²) in [6.07, 6.45) is 1.80. The number of hydrogen-bond donors (Lipinski definition) is 2. The van der Waals surface area contributed by atoms with Crippen LogP contribution in [0.1, 0.15) is 29.3 Å². The van der Waals surface area contributed by atoms with Gasteiger partial charge >= 0.3 is 0 Å². The highest BCUT2D eigenvalue weighted by molar-refractivity contribution is 7.96. The number of hydrogen-bond acceptors (Lipinski definition) is 6. The van der Waals surface area contributed by atoms with Gasteiger partial charge in [0.05, 0.1) is 4.90 Å². The molecule has 37 heavy (non-hydrogen) atoms. The van der Waals surface area contributed by atoms with E-state index in [2.05, 4.69) is 10.6 Å². The molecule has 3 aromatic rings. The molecule has 8 nitrogen and oxygen atoms in total. The van der Waals surface area contributed by atoms with E-state index in [1.165, 1.54) is 19.1 Å². The lowest BCUT2D eigenvalue weighted by Crippen LogP contribution is -2.31. The standard InChI is InChI=1S/C28H26N2O6S/c1-19(31)18-36-24-9-4-3-8-23(24)20-11-13-21(14-12-20)27(32)29-15-6-16-30-28(33)26-17-22-7-2-5-10-25(22)37(26,34)35/h2-5,7-14,17H,6,15-16,18H2,1H3,(H,29,32)(H,30,33). The fraction of sp³-hybridized carbons (Fsp3) is 0.179. The Morgan fingerprint density at radius 2 is 1.46 bits per heavy atom. The molecule has 0 aliphatic carbocycles. The third-order valence-electron chi connectivity index (χ3n) is 5.71. The quantitative estimate of drug-likeness (QED) is 0.397. The van der Waals surface area contributed by atoms with Crippen molar-refractivity contribution in [3.63, 3.8) is 0 Å². The first kappa shape index (κ1) is 25.8. The summed E-state index contributed by atoms with van der Waals surface area (Å²) in [5.41, 5.74) is 2.62. The molecule has 3 aromatic carbocycles. The van der Waals surface area contributed by atoms with E-state index in [9.17, 15) is 22.8 Å². The van der Waals surface area contributed by atoms with Gasteiger partial charge in [-0.25, -0.2) is 8.42 Å². The second kappa shape index (κ2) is 11.2. The van der Waals surface area contributed by atoms with Crippen LogP contribution in [-0.2, 0) is 19.4 Å². The molecule has 1 aliphatic rings. The van der Waals surface area contributed by atoms with Crippen molar-refractivity contribution in [2.75, 3.05) is 19.7 Å². The monoisotopic (exact) mass is 518 g/mol. The van der Waals surface area contributed by atoms with Crippen molar-refractivity contribution < 1.29 is 27.5 Å². The van der Waals surface area contributed by atoms with E-state index in [4.69, 9.17) is 4.74 Å². The molecule has 2 amide bonds. The molecule has 0 saturated carbocycles. The van der Waals surface area contributed by atoms with Gasteiger partial charge in [0, 0.05) is 24.2 Å². The predicted molar refractivity (Wildman–Crippen MR) is 140 cm³/mol. The molecule has 0 radical (unpaired) electrons. The lowest BCUT2D eigenvalue weighted by molar-refractivity contribution is -0.119. The molecule has 0 fully saturated rings. The third-order valence-corrected chi connectivity index (χ3v) is 7.54. The molecule has 0 bridgehead atoms. The van der Waals surface area contributed by atoms with Crippen molar-refractivity contribution in [1.82, 2.24) is 10.6 Å². The van der Waals surface area contributed by atoms with E-state index in [0.29, 0.717) is 29.8 Å². The second-order valence-electron chi connectivity index (χ2n) is 8.48. The number of rotatable bonds is 10. The van der Waals surface area contributed by atoms with Gasteiger partial charge in [-0.2, -0.15) is 0 Å². The highest BCUT2D eigenvalue weighted by Crippen LogP contribution is 2.32. The van der Waals surface area contributed by atoms with Crippen molar-refractivity contribution in [3.05, 3.63) is 88.8 Å². The van der Waals surface area contributed by atoms with Gasteiger partial charge in [0.25, 0.3) is 11.8 Å². The van der Waals surface area contributed by atoms with Gasteiger partial charge in [0.1, 0.15) is 17.3 Å². The van der Waals surface area contributed by atoms with Crippen LogP contribution < -0.4 is 15.4 Å². The lowest BCUT2D eigenvalue weighted by Gasteiger charge is -2.11. The molecule has 1 heterocycles. The maximum Gasteiger partial charge on any atom is 0.263 e. The molecule has 190 valence electrons. The van der Waals surface area contributed by atoms with E-state index in [1.807, 2.05) is 18.2 Å². The molecule has 2 N–H and O–H groups in total. The number of carbonyl (C=O) groups excluding carboxylic acids is 3. The number of ether oxygens (including phenoxy) is 1. The Hall–Kier alpha value is -4.24. The zero-order chi connectivity index (χ0) is 26.4. The normalized spacial score (nSPS) is 13.3. The fourth-order valence-electron chi connectivity index (χ4n) is 3.86. The minimum atomic E-state index is -3.81. The van der Waals surface area contributed by atoms with Crippen LogP contribution in [0.15, 0.2) is 82.6 Å². The Balaban J connectivity index is 1.26. The van der Waals surface area contributed by atoms with E-state index in [0.717, 1.165) is 11.1 Å². The van der Waals surface area contributed by atoms with Gasteiger partial charge < -0.3 is 15.4 Å². The predicted octanol–water partition coefficient (Wildman–Crippen LogP) is 3.39. The average Bonchev–Trinajstić information content (AvgIpc) is 3.18. The smallest absolute Gasteiger partial charge is 0.263 e. The highest BCUT2D eigenvalue weighted by atomic mass is 32.2. The molecular weight excluding hydrogens is 492 g/mol. The summed E-state index contributed by atoms with van der Waals surface area (Å²) in [6, 6.07) is 20.8. The molecule has 0 saturated heterocycles. The largest absolute Gasteiger partial charge is 0.485 e. The zero-order valence-corrected chi connectivity index (χ0v) is 21.0. The first-order chi connectivity index (χ1) is 17.8. The number of Topliss-reactive ketones (excluding diaryl/α,β-unsaturated/α-hetero) is 1. The molecule has 0 atom stereocenters. The first-order valence-electron chi connectivity index (χ1n) is 11.7. The molecular formula is C28H26N2O6S. The van der Waals surface area contributed by atoms with Crippen LogP contribution in [0.3, 0.4) is 0 Å². The van der Waals surface area contributed by atoms with Gasteiger partial charge in [-0.3, -0.25) is 14.4 Å². The summed E-state index contributed by atoms with van der Waals surface area (Å²) in [5.74, 6) is -0.421. The van der Waals surface area contributed by atoms with E-state index in [-0.39, 0.29) is 34.6 Å². The Kier molecular flexibility index (Phi) is 7.83. The Morgan fingerprint density at radius 3 is 2.16 bits per heavy atom. The number of sulfone groups is 1. The van der Waals surface area contributed by atoms with Crippen LogP contribution in [0.4, 0.5) is 0 Å². The minimum Gasteiger partial charge on any atom is -0.485 e. The third kappa shape index (κ3) is 5.95. The summed E-state index contributed by atoms with van der Waals surface area (Å²) in [5, 5.41) is 5.40. The van der Waals surface area contributed by atoms with Gasteiger partial charge in [-0.05, 0) is 54.8 Å². The van der Waals surface area contributed by atoms with E-state index >= 15 is 0 Å². The molecule has 0 unspecified atom stereocenters. The maximum absolute atomic E-state index is 12.5. The second-order valence-corrected chi connectivity index (χ2v) is 10.4. The summed E-state index contributed by atoms with van der Waals surface area (Å²) in [7, 11) is -3.81. The Labute approximate surface area is 215 Å². The average molecular weight is 519 g/mol. The number of amides is 2. The number of carbonyl (C=O) groups is 3. The topological polar surface area (TPSA) is 119 Å². The van der Waals surface area contributed by atoms with Gasteiger partial charge in [-0.15, -0.1) is 0 Å². The van der Waals surface area contributed by atoms with Gasteiger partial charge in [-0.1, -0.05) is 48.5 Å². The SMILES string of the molecule is CC(=O)COc1ccccc1-c1ccc(C(=O)NCCCNC(=O)C2=Cc3ccccc3S2(=O)=O)cc1. The first-order valence-corrected chi connectivity index (χ1v) is 13.2. The number of benzene rings is 3. The van der Waals surface area contributed by atoms with Gasteiger partial charge in [0.15, 0.2) is 5.78 Å². The van der Waals surface area contributed by atoms with Crippen LogP contribution in [0.5, 0.6) is 5.75 Å². The summed E-state index contributed by atoms with van der Waals surface area (Å²) < 4.78 is 30.7. The van der Waals surface area contributed by atoms with Crippen LogP contribution in [0.25, 0.3) is 17.2 Å². The molecule has 4 rings (SSSR count). The van der Waals surface area contributed by atoms with Crippen molar-refractivity contribution in [2.45, 2.75) is 18.2 Å². The number of ketones is 1. The van der Waals surface area contributed by atoms with Crippen molar-refractivity contribution in [3.8, 4) is 16.9 Å². The fourth-order valence-corrected chi connectivity index (χ4v) is 5.39. The summed E-state index contributed by atoms with van der Waals surface area (Å²) >= 11 is 0. The van der Waals surface area contributed by atoms with E-state index in [1.54, 1.807) is 48.5 Å². The summed E-state index contributed by atoms with van der Waals surface area (Å²) in [6.45, 7) is 1.95. The molecule has 0 spiro atoms. The molecule has 1 aliphatic heterocycles. The van der Waals surface area contributed by atoms with Crippen LogP contribution >= 0.6 is 0 Å². The van der Waals surface area contributed by atoms with Crippen LogP contribution in [0, 0.1) is 0 Å². The van der Waals surface area contributed by atoms with Gasteiger partial charge in [0.2, 0.25) is 9.84 Å². The van der Waals surface area contributed by atoms with E-state index < -0.39 is 15.7 Å². The van der Waals surface area contributed by atoms with Crippen LogP contribution in [-0.4, -0.2) is 45.7 Å². The number of para-hydroxylation sites is 1. The maximum atomic E-state index is 12.5. The minimum absolute atomic E-state index is 0.0149. The van der Waals surface area contributed by atoms with Crippen molar-refractivity contribution in [2.24, 2.45) is 0 Å². The zero-order valence-electron chi connectivity index (χ0n) is 20.2.